The number of benzene rings is 2. The molecule has 1 saturated heterocycles. The van der Waals surface area contributed by atoms with E-state index < -0.39 is 0 Å². The molecular formula is C25H25Cl2NO5. The van der Waals surface area contributed by atoms with Crippen molar-refractivity contribution in [3.63, 3.8) is 0 Å². The lowest BCUT2D eigenvalue weighted by atomic mass is 9.96. The fourth-order valence-corrected chi connectivity index (χ4v) is 4.54. The van der Waals surface area contributed by atoms with Crippen LogP contribution < -0.4 is 4.89 Å². The molecule has 0 radical (unpaired) electrons. The first kappa shape index (κ1) is 23.6. The molecule has 33 heavy (non-hydrogen) atoms. The van der Waals surface area contributed by atoms with Gasteiger partial charge in [-0.2, -0.15) is 4.89 Å². The highest BCUT2D eigenvalue weighted by atomic mass is 35.5. The fourth-order valence-electron chi connectivity index (χ4n) is 4.15. The molecule has 4 rings (SSSR count). The van der Waals surface area contributed by atoms with Crippen LogP contribution >= 0.6 is 23.2 Å². The maximum absolute atomic E-state index is 12.9. The van der Waals surface area contributed by atoms with Crippen molar-refractivity contribution >= 4 is 41.2 Å². The van der Waals surface area contributed by atoms with Crippen molar-refractivity contribution in [3.05, 3.63) is 57.6 Å². The van der Waals surface area contributed by atoms with Gasteiger partial charge in [-0.3, -0.25) is 9.59 Å². The van der Waals surface area contributed by atoms with Crippen LogP contribution in [0.25, 0.3) is 17.2 Å². The first-order valence-electron chi connectivity index (χ1n) is 11.0. The highest BCUT2D eigenvalue weighted by Crippen LogP contribution is 2.37. The molecule has 2 aliphatic rings. The molecule has 0 aliphatic carbocycles. The highest BCUT2D eigenvalue weighted by Gasteiger charge is 2.28. The molecule has 6 nitrogen and oxygen atoms in total. The van der Waals surface area contributed by atoms with Crippen molar-refractivity contribution in [2.45, 2.75) is 26.2 Å². The van der Waals surface area contributed by atoms with Gasteiger partial charge in [0.15, 0.2) is 5.75 Å². The van der Waals surface area contributed by atoms with Crippen LogP contribution in [0.2, 0.25) is 10.0 Å². The Morgan fingerprint density at radius 3 is 2.91 bits per heavy atom. The molecular weight excluding hydrogens is 465 g/mol. The Labute approximate surface area is 202 Å². The van der Waals surface area contributed by atoms with Gasteiger partial charge in [-0.05, 0) is 55.2 Å². The number of carbonyl (C=O) groups is 2. The number of nitrogens with zero attached hydrogens (tertiary/aromatic N) is 1. The summed E-state index contributed by atoms with van der Waals surface area (Å²) in [6.45, 7) is 3.55. The minimum Gasteiger partial charge on any atom is -0.466 e. The van der Waals surface area contributed by atoms with Gasteiger partial charge in [0.1, 0.15) is 0 Å². The van der Waals surface area contributed by atoms with Crippen LogP contribution in [0.15, 0.2) is 36.4 Å². The summed E-state index contributed by atoms with van der Waals surface area (Å²) in [4.78, 5) is 37.0. The highest BCUT2D eigenvalue weighted by molar-refractivity contribution is 6.43. The van der Waals surface area contributed by atoms with E-state index in [0.29, 0.717) is 47.7 Å². The number of hydrogen-bond donors (Lipinski definition) is 0. The standard InChI is InChI=1S/C25H25Cl2NO5/c1-2-31-25(30)18-4-3-12-28(15-18)23(29)10-7-20-19(6-8-21(26)24(20)27)16-5-9-22-17(14-16)11-13-32-33-22/h5-10,14,18H,2-4,11-13,15H2,1H3/b10-7+. The number of carbonyl (C=O) groups excluding carboxylic acids is 2. The molecule has 0 saturated carbocycles. The smallest absolute Gasteiger partial charge is 0.310 e. The topological polar surface area (TPSA) is 65.1 Å². The quantitative estimate of drug-likeness (QED) is 0.322. The third-order valence-corrected chi connectivity index (χ3v) is 6.67. The molecule has 2 aromatic rings. The van der Waals surface area contributed by atoms with Gasteiger partial charge < -0.3 is 14.5 Å². The van der Waals surface area contributed by atoms with E-state index in [4.69, 9.17) is 37.7 Å². The Hall–Kier alpha value is -2.54. The first-order chi connectivity index (χ1) is 16.0. The number of rotatable bonds is 5. The van der Waals surface area contributed by atoms with Gasteiger partial charge in [0.05, 0.1) is 29.2 Å². The van der Waals surface area contributed by atoms with E-state index in [9.17, 15) is 9.59 Å². The van der Waals surface area contributed by atoms with Gasteiger partial charge in [0.25, 0.3) is 0 Å². The summed E-state index contributed by atoms with van der Waals surface area (Å²) in [7, 11) is 0. The van der Waals surface area contributed by atoms with E-state index in [0.717, 1.165) is 36.0 Å². The normalized spacial score (nSPS) is 18.0. The molecule has 2 aliphatic heterocycles. The number of ether oxygens (including phenoxy) is 1. The molecule has 174 valence electrons. The van der Waals surface area contributed by atoms with Gasteiger partial charge in [0, 0.05) is 36.7 Å². The number of fused-ring (bicyclic) bond motifs is 1. The first-order valence-corrected chi connectivity index (χ1v) is 11.8. The number of piperidine rings is 1. The number of esters is 1. The molecule has 1 amide bonds. The zero-order valence-electron chi connectivity index (χ0n) is 18.3. The lowest BCUT2D eigenvalue weighted by molar-refractivity contribution is -0.215. The largest absolute Gasteiger partial charge is 0.466 e. The number of amides is 1. The molecule has 2 heterocycles. The minimum atomic E-state index is -0.289. The lowest BCUT2D eigenvalue weighted by Crippen LogP contribution is -2.42. The average molecular weight is 490 g/mol. The van der Waals surface area contributed by atoms with Crippen LogP contribution in [0.1, 0.15) is 30.9 Å². The van der Waals surface area contributed by atoms with Gasteiger partial charge >= 0.3 is 5.97 Å². The average Bonchev–Trinajstić information content (AvgIpc) is 2.84. The van der Waals surface area contributed by atoms with Crippen LogP contribution in [-0.2, 0) is 25.6 Å². The van der Waals surface area contributed by atoms with Gasteiger partial charge in [-0.1, -0.05) is 35.3 Å². The molecule has 1 fully saturated rings. The Morgan fingerprint density at radius 1 is 1.24 bits per heavy atom. The van der Waals surface area contributed by atoms with Crippen molar-refractivity contribution in [2.75, 3.05) is 26.3 Å². The second-order valence-corrected chi connectivity index (χ2v) is 8.79. The summed E-state index contributed by atoms with van der Waals surface area (Å²) < 4.78 is 5.13. The molecule has 0 spiro atoms. The number of likely N-dealkylation sites (tertiary alicyclic amines) is 1. The van der Waals surface area contributed by atoms with Gasteiger partial charge in [-0.15, -0.1) is 0 Å². The molecule has 8 heteroatoms. The van der Waals surface area contributed by atoms with E-state index in [1.165, 1.54) is 6.08 Å². The molecule has 0 aromatic heterocycles. The summed E-state index contributed by atoms with van der Waals surface area (Å²) in [6.07, 6.45) is 5.41. The number of halogens is 2. The zero-order valence-corrected chi connectivity index (χ0v) is 19.8. The second-order valence-electron chi connectivity index (χ2n) is 8.01. The van der Waals surface area contributed by atoms with Crippen LogP contribution in [0.5, 0.6) is 5.75 Å². The van der Waals surface area contributed by atoms with E-state index in [1.54, 1.807) is 24.0 Å². The summed E-state index contributed by atoms with van der Waals surface area (Å²) >= 11 is 12.8. The van der Waals surface area contributed by atoms with Crippen LogP contribution in [0.4, 0.5) is 0 Å². The van der Waals surface area contributed by atoms with Crippen molar-refractivity contribution in [3.8, 4) is 16.9 Å². The van der Waals surface area contributed by atoms with E-state index in [1.807, 2.05) is 24.3 Å². The third-order valence-electron chi connectivity index (χ3n) is 5.85. The monoisotopic (exact) mass is 489 g/mol. The van der Waals surface area contributed by atoms with Crippen LogP contribution in [0, 0.1) is 5.92 Å². The van der Waals surface area contributed by atoms with Crippen molar-refractivity contribution in [2.24, 2.45) is 5.92 Å². The van der Waals surface area contributed by atoms with Crippen molar-refractivity contribution in [1.29, 1.82) is 0 Å². The maximum atomic E-state index is 12.9. The van der Waals surface area contributed by atoms with Crippen molar-refractivity contribution < 1.29 is 24.1 Å². The van der Waals surface area contributed by atoms with E-state index in [2.05, 4.69) is 0 Å². The van der Waals surface area contributed by atoms with E-state index >= 15 is 0 Å². The molecule has 0 N–H and O–H groups in total. The number of hydrogen-bond acceptors (Lipinski definition) is 5. The summed E-state index contributed by atoms with van der Waals surface area (Å²) in [6, 6.07) is 9.43. The van der Waals surface area contributed by atoms with Crippen LogP contribution in [0.3, 0.4) is 0 Å². The van der Waals surface area contributed by atoms with Crippen molar-refractivity contribution in [1.82, 2.24) is 4.90 Å². The Balaban J connectivity index is 1.58. The molecule has 2 aromatic carbocycles. The third kappa shape index (κ3) is 5.35. The molecule has 1 atom stereocenters. The summed E-state index contributed by atoms with van der Waals surface area (Å²) in [5.41, 5.74) is 3.48. The second kappa shape index (κ2) is 10.6. The Morgan fingerprint density at radius 2 is 2.09 bits per heavy atom. The Kier molecular flexibility index (Phi) is 7.58. The maximum Gasteiger partial charge on any atom is 0.310 e. The predicted molar refractivity (Wildman–Crippen MR) is 127 cm³/mol. The SMILES string of the molecule is CCOC(=O)C1CCCN(C(=O)/C=C/c2c(-c3ccc4c(c3)CCOO4)ccc(Cl)c2Cl)C1. The summed E-state index contributed by atoms with van der Waals surface area (Å²) in [5, 5.41) is 0.779. The fraction of sp³-hybridized carbons (Fsp3) is 0.360. The molecule has 0 bridgehead atoms. The van der Waals surface area contributed by atoms with Gasteiger partial charge in [-0.25, -0.2) is 0 Å². The lowest BCUT2D eigenvalue weighted by Gasteiger charge is -2.30. The zero-order chi connectivity index (χ0) is 23.4. The van der Waals surface area contributed by atoms with Crippen LogP contribution in [-0.4, -0.2) is 43.1 Å². The molecule has 1 unspecified atom stereocenters. The Bertz CT molecular complexity index is 1080. The van der Waals surface area contributed by atoms with Gasteiger partial charge in [0.2, 0.25) is 5.91 Å². The predicted octanol–water partition coefficient (Wildman–Crippen LogP) is 5.34. The minimum absolute atomic E-state index is 0.179. The summed E-state index contributed by atoms with van der Waals surface area (Å²) in [5.74, 6) is -0.0235. The van der Waals surface area contributed by atoms with E-state index in [-0.39, 0.29) is 17.8 Å².